The molecule has 1 aliphatic rings. The van der Waals surface area contributed by atoms with Gasteiger partial charge >= 0.3 is 0 Å². The lowest BCUT2D eigenvalue weighted by Crippen LogP contribution is -2.52. The first kappa shape index (κ1) is 21.5. The summed E-state index contributed by atoms with van der Waals surface area (Å²) in [6.45, 7) is 2.96. The molecule has 164 valence electrons. The Balaban J connectivity index is 1.47. The zero-order valence-electron chi connectivity index (χ0n) is 17.9. The van der Waals surface area contributed by atoms with Gasteiger partial charge in [0.15, 0.2) is 5.76 Å². The number of piperazine rings is 1. The molecular formula is C22H27N5O3S. The van der Waals surface area contributed by atoms with Crippen LogP contribution < -0.4 is 9.73 Å². The number of aromatic nitrogens is 1. The van der Waals surface area contributed by atoms with Crippen LogP contribution in [0.3, 0.4) is 0 Å². The summed E-state index contributed by atoms with van der Waals surface area (Å²) in [7, 11) is 2.39. The second kappa shape index (κ2) is 8.80. The lowest BCUT2D eigenvalue weighted by Gasteiger charge is -2.32. The Morgan fingerprint density at radius 1 is 0.935 bits per heavy atom. The number of sulfonamides is 1. The molecular weight excluding hydrogens is 414 g/mol. The summed E-state index contributed by atoms with van der Waals surface area (Å²) in [5.74, 6) is 1.11. The summed E-state index contributed by atoms with van der Waals surface area (Å²) in [5, 5.41) is 1.74. The second-order valence-corrected chi connectivity index (χ2v) is 9.54. The Morgan fingerprint density at radius 2 is 1.55 bits per heavy atom. The van der Waals surface area contributed by atoms with Gasteiger partial charge in [0.1, 0.15) is 0 Å². The van der Waals surface area contributed by atoms with Crippen LogP contribution in [0.15, 0.2) is 64.0 Å². The molecule has 0 radical (unpaired) electrons. The number of likely N-dealkylation sites (N-methyl/N-ethyl adjacent to an activating group) is 1. The molecule has 0 spiro atoms. The number of oxazole rings is 1. The summed E-state index contributed by atoms with van der Waals surface area (Å²) < 4.78 is 31.3. The highest BCUT2D eigenvalue weighted by Gasteiger charge is 2.21. The Kier molecular flexibility index (Phi) is 6.10. The number of anilines is 1. The largest absolute Gasteiger partial charge is 0.436 e. The van der Waals surface area contributed by atoms with Crippen molar-refractivity contribution in [2.45, 2.75) is 4.90 Å². The van der Waals surface area contributed by atoms with E-state index < -0.39 is 10.0 Å². The molecule has 0 amide bonds. The minimum Gasteiger partial charge on any atom is -0.436 e. The van der Waals surface area contributed by atoms with Crippen molar-refractivity contribution in [1.82, 2.24) is 19.7 Å². The number of hydrogen-bond donors (Lipinski definition) is 1. The van der Waals surface area contributed by atoms with Gasteiger partial charge in [-0.15, -0.1) is 4.83 Å². The molecule has 1 fully saturated rings. The molecule has 1 saturated heterocycles. The van der Waals surface area contributed by atoms with Crippen molar-refractivity contribution in [3.63, 3.8) is 0 Å². The van der Waals surface area contributed by atoms with Gasteiger partial charge in [0.25, 0.3) is 10.0 Å². The molecule has 0 unspecified atom stereocenters. The molecule has 2 aromatic carbocycles. The van der Waals surface area contributed by atoms with Crippen molar-refractivity contribution < 1.29 is 12.8 Å². The van der Waals surface area contributed by atoms with Crippen LogP contribution in [0, 0.1) is 0 Å². The van der Waals surface area contributed by atoms with Gasteiger partial charge < -0.3 is 14.2 Å². The maximum Gasteiger partial charge on any atom is 0.253 e. The quantitative estimate of drug-likeness (QED) is 0.629. The lowest BCUT2D eigenvalue weighted by molar-refractivity contribution is 0.135. The Labute approximate surface area is 183 Å². The van der Waals surface area contributed by atoms with Crippen molar-refractivity contribution >= 4 is 15.7 Å². The third kappa shape index (κ3) is 4.96. The van der Waals surface area contributed by atoms with Crippen LogP contribution in [-0.2, 0) is 10.0 Å². The van der Waals surface area contributed by atoms with E-state index in [1.165, 1.54) is 0 Å². The fourth-order valence-electron chi connectivity index (χ4n) is 3.36. The third-order valence-corrected chi connectivity index (χ3v) is 6.73. The maximum absolute atomic E-state index is 12.7. The van der Waals surface area contributed by atoms with Gasteiger partial charge in [-0.3, -0.25) is 0 Å². The maximum atomic E-state index is 12.7. The molecule has 1 aromatic heterocycles. The highest BCUT2D eigenvalue weighted by atomic mass is 32.2. The Morgan fingerprint density at radius 3 is 2.16 bits per heavy atom. The zero-order valence-corrected chi connectivity index (χ0v) is 18.8. The summed E-state index contributed by atoms with van der Waals surface area (Å²) in [4.78, 5) is 11.4. The first-order valence-electron chi connectivity index (χ1n) is 10.1. The van der Waals surface area contributed by atoms with Crippen molar-refractivity contribution in [3.8, 4) is 22.8 Å². The fourth-order valence-corrected chi connectivity index (χ4v) is 4.48. The van der Waals surface area contributed by atoms with Crippen LogP contribution in [0.5, 0.6) is 0 Å². The van der Waals surface area contributed by atoms with E-state index >= 15 is 0 Å². The number of benzene rings is 2. The van der Waals surface area contributed by atoms with Crippen molar-refractivity contribution in [2.75, 3.05) is 52.2 Å². The number of nitrogens with one attached hydrogen (secondary N) is 1. The summed E-state index contributed by atoms with van der Waals surface area (Å²) >= 11 is 0. The van der Waals surface area contributed by atoms with Crippen LogP contribution in [0.25, 0.3) is 22.8 Å². The SMILES string of the molecule is CN1CCN(NS(=O)(=O)c2ccc(-c3ncc(-c4ccc(N(C)C)cc4)o3)cc2)CC1. The molecule has 0 bridgehead atoms. The van der Waals surface area contributed by atoms with Gasteiger partial charge in [-0.2, -0.15) is 0 Å². The van der Waals surface area contributed by atoms with E-state index in [1.807, 2.05) is 50.3 Å². The minimum absolute atomic E-state index is 0.209. The van der Waals surface area contributed by atoms with Crippen LogP contribution in [0.2, 0.25) is 0 Å². The van der Waals surface area contributed by atoms with Crippen molar-refractivity contribution in [1.29, 1.82) is 0 Å². The molecule has 1 aliphatic heterocycles. The zero-order chi connectivity index (χ0) is 22.0. The first-order valence-corrected chi connectivity index (χ1v) is 11.6. The van der Waals surface area contributed by atoms with E-state index in [4.69, 9.17) is 4.42 Å². The van der Waals surface area contributed by atoms with E-state index in [9.17, 15) is 8.42 Å². The van der Waals surface area contributed by atoms with E-state index in [1.54, 1.807) is 35.5 Å². The summed E-state index contributed by atoms with van der Waals surface area (Å²) in [5.41, 5.74) is 2.75. The highest BCUT2D eigenvalue weighted by molar-refractivity contribution is 7.89. The lowest BCUT2D eigenvalue weighted by atomic mass is 10.1. The second-order valence-electron chi connectivity index (χ2n) is 7.88. The molecule has 3 aromatic rings. The van der Waals surface area contributed by atoms with Crippen LogP contribution in [0.1, 0.15) is 0 Å². The van der Waals surface area contributed by atoms with Gasteiger partial charge in [0.05, 0.1) is 11.1 Å². The number of nitrogens with zero attached hydrogens (tertiary/aromatic N) is 4. The molecule has 8 nitrogen and oxygen atoms in total. The fraction of sp³-hybridized carbons (Fsp3) is 0.318. The molecule has 0 aliphatic carbocycles. The topological polar surface area (TPSA) is 81.9 Å². The van der Waals surface area contributed by atoms with E-state index in [2.05, 4.69) is 14.7 Å². The summed E-state index contributed by atoms with van der Waals surface area (Å²) in [6, 6.07) is 14.6. The van der Waals surface area contributed by atoms with Gasteiger partial charge in [-0.05, 0) is 55.6 Å². The smallest absolute Gasteiger partial charge is 0.253 e. The molecule has 9 heteroatoms. The number of hydrazine groups is 1. The molecule has 0 saturated carbocycles. The molecule has 4 rings (SSSR count). The predicted molar refractivity (Wildman–Crippen MR) is 121 cm³/mol. The van der Waals surface area contributed by atoms with Crippen LogP contribution >= 0.6 is 0 Å². The average molecular weight is 442 g/mol. The van der Waals surface area contributed by atoms with Crippen LogP contribution in [0.4, 0.5) is 5.69 Å². The molecule has 0 atom stereocenters. The van der Waals surface area contributed by atoms with Gasteiger partial charge in [-0.1, -0.05) is 0 Å². The van der Waals surface area contributed by atoms with Gasteiger partial charge in [0.2, 0.25) is 5.89 Å². The predicted octanol–water partition coefficient (Wildman–Crippen LogP) is 2.52. The van der Waals surface area contributed by atoms with E-state index in [0.717, 1.165) is 29.9 Å². The molecule has 1 N–H and O–H groups in total. The van der Waals surface area contributed by atoms with Crippen molar-refractivity contribution in [2.24, 2.45) is 0 Å². The summed E-state index contributed by atoms with van der Waals surface area (Å²) in [6.07, 6.45) is 1.68. The number of hydrogen-bond acceptors (Lipinski definition) is 7. The molecule has 31 heavy (non-hydrogen) atoms. The van der Waals surface area contributed by atoms with Gasteiger partial charge in [0, 0.05) is 57.1 Å². The van der Waals surface area contributed by atoms with Crippen LogP contribution in [-0.4, -0.2) is 70.6 Å². The first-order chi connectivity index (χ1) is 14.8. The van der Waals surface area contributed by atoms with Crippen molar-refractivity contribution in [3.05, 3.63) is 54.7 Å². The molecule has 2 heterocycles. The van der Waals surface area contributed by atoms with Gasteiger partial charge in [-0.25, -0.2) is 18.4 Å². The standard InChI is InChI=1S/C22H27N5O3S/c1-25(2)19-8-4-17(5-9-19)21-16-23-22(30-21)18-6-10-20(11-7-18)31(28,29)24-27-14-12-26(3)13-15-27/h4-11,16,24H,12-15H2,1-3H3. The Bertz CT molecular complexity index is 1120. The third-order valence-electron chi connectivity index (χ3n) is 5.34. The number of rotatable bonds is 6. The minimum atomic E-state index is -3.62. The monoisotopic (exact) mass is 441 g/mol. The Hall–Kier alpha value is -2.72. The normalized spacial score (nSPS) is 15.8. The average Bonchev–Trinajstić information content (AvgIpc) is 3.26. The van der Waals surface area contributed by atoms with E-state index in [-0.39, 0.29) is 4.90 Å². The highest BCUT2D eigenvalue weighted by Crippen LogP contribution is 2.28. The van der Waals surface area contributed by atoms with E-state index in [0.29, 0.717) is 24.7 Å².